The number of carbonyl (C=O) groups excluding carboxylic acids is 1. The topological polar surface area (TPSA) is 79.2 Å². The molecule has 1 saturated heterocycles. The number of aryl methyl sites for hydroxylation is 1. The molecule has 2 aromatic rings. The van der Waals surface area contributed by atoms with Crippen molar-refractivity contribution in [2.24, 2.45) is 4.99 Å². The van der Waals surface area contributed by atoms with Gasteiger partial charge in [-0.2, -0.15) is 0 Å². The Bertz CT molecular complexity index is 934. The highest BCUT2D eigenvalue weighted by Crippen LogP contribution is 2.34. The number of amidine groups is 1. The SMILES string of the molecule is CCN1C(=O)/C(=C\c2ccc(OCC(=O)O)cc2)SC1=Nc1ccc(C)cc1. The molecule has 7 heteroatoms. The Labute approximate surface area is 167 Å². The largest absolute Gasteiger partial charge is 0.482 e. The van der Waals surface area contributed by atoms with Crippen LogP contribution in [0.3, 0.4) is 0 Å². The number of thioether (sulfide) groups is 1. The van der Waals surface area contributed by atoms with Gasteiger partial charge in [0.15, 0.2) is 11.8 Å². The van der Waals surface area contributed by atoms with Gasteiger partial charge in [0.05, 0.1) is 10.6 Å². The number of rotatable bonds is 6. The minimum Gasteiger partial charge on any atom is -0.482 e. The van der Waals surface area contributed by atoms with E-state index >= 15 is 0 Å². The Balaban J connectivity index is 1.79. The molecule has 0 aromatic heterocycles. The first-order valence-corrected chi connectivity index (χ1v) is 9.59. The summed E-state index contributed by atoms with van der Waals surface area (Å²) in [5, 5.41) is 9.31. The van der Waals surface area contributed by atoms with E-state index in [0.717, 1.165) is 16.8 Å². The van der Waals surface area contributed by atoms with E-state index in [0.29, 0.717) is 22.4 Å². The molecule has 0 radical (unpaired) electrons. The van der Waals surface area contributed by atoms with Gasteiger partial charge < -0.3 is 9.84 Å². The fourth-order valence-electron chi connectivity index (χ4n) is 2.56. The predicted octanol–water partition coefficient (Wildman–Crippen LogP) is 4.08. The molecule has 1 amide bonds. The van der Waals surface area contributed by atoms with Crippen molar-refractivity contribution in [3.8, 4) is 5.75 Å². The van der Waals surface area contributed by atoms with E-state index in [4.69, 9.17) is 9.84 Å². The number of carbonyl (C=O) groups is 2. The first-order chi connectivity index (χ1) is 13.5. The second-order valence-corrected chi connectivity index (χ2v) is 7.15. The first-order valence-electron chi connectivity index (χ1n) is 8.77. The van der Waals surface area contributed by atoms with E-state index in [1.54, 1.807) is 35.2 Å². The molecule has 0 spiro atoms. The van der Waals surface area contributed by atoms with E-state index < -0.39 is 5.97 Å². The van der Waals surface area contributed by atoms with Gasteiger partial charge >= 0.3 is 5.97 Å². The summed E-state index contributed by atoms with van der Waals surface area (Å²) in [5.41, 5.74) is 2.79. The minimum absolute atomic E-state index is 0.0791. The zero-order chi connectivity index (χ0) is 20.1. The minimum atomic E-state index is -1.03. The van der Waals surface area contributed by atoms with Gasteiger partial charge in [-0.1, -0.05) is 29.8 Å². The molecule has 0 bridgehead atoms. The van der Waals surface area contributed by atoms with Crippen molar-refractivity contribution in [2.75, 3.05) is 13.2 Å². The lowest BCUT2D eigenvalue weighted by Gasteiger charge is -2.12. The van der Waals surface area contributed by atoms with Crippen molar-refractivity contribution in [1.82, 2.24) is 4.90 Å². The lowest BCUT2D eigenvalue weighted by Crippen LogP contribution is -2.28. The molecule has 0 atom stereocenters. The summed E-state index contributed by atoms with van der Waals surface area (Å²) in [6, 6.07) is 14.8. The van der Waals surface area contributed by atoms with Crippen molar-refractivity contribution < 1.29 is 19.4 Å². The predicted molar refractivity (Wildman–Crippen MR) is 111 cm³/mol. The molecule has 28 heavy (non-hydrogen) atoms. The lowest BCUT2D eigenvalue weighted by molar-refractivity contribution is -0.139. The Kier molecular flexibility index (Phi) is 6.16. The summed E-state index contributed by atoms with van der Waals surface area (Å²) in [6.07, 6.45) is 1.80. The first kappa shape index (κ1) is 19.7. The van der Waals surface area contributed by atoms with Crippen LogP contribution in [0.25, 0.3) is 6.08 Å². The Hall–Kier alpha value is -3.06. The zero-order valence-electron chi connectivity index (χ0n) is 15.6. The number of ether oxygens (including phenoxy) is 1. The number of aliphatic imine (C=N–C) groups is 1. The second-order valence-electron chi connectivity index (χ2n) is 6.14. The van der Waals surface area contributed by atoms with Crippen LogP contribution in [-0.2, 0) is 9.59 Å². The Morgan fingerprint density at radius 3 is 2.46 bits per heavy atom. The zero-order valence-corrected chi connectivity index (χ0v) is 16.4. The number of carboxylic acid groups (broad SMARTS) is 1. The van der Waals surface area contributed by atoms with Crippen molar-refractivity contribution in [3.05, 3.63) is 64.6 Å². The monoisotopic (exact) mass is 396 g/mol. The van der Waals surface area contributed by atoms with Gasteiger partial charge in [-0.05, 0) is 61.5 Å². The van der Waals surface area contributed by atoms with E-state index in [1.165, 1.54) is 11.8 Å². The van der Waals surface area contributed by atoms with Gasteiger partial charge in [-0.25, -0.2) is 9.79 Å². The lowest BCUT2D eigenvalue weighted by atomic mass is 10.2. The smallest absolute Gasteiger partial charge is 0.341 e. The number of aliphatic carboxylic acids is 1. The maximum absolute atomic E-state index is 12.7. The molecule has 0 saturated carbocycles. The third-order valence-corrected chi connectivity index (χ3v) is 5.01. The third kappa shape index (κ3) is 4.80. The van der Waals surface area contributed by atoms with Crippen molar-refractivity contribution in [3.63, 3.8) is 0 Å². The summed E-state index contributed by atoms with van der Waals surface area (Å²) in [5.74, 6) is -0.643. The van der Waals surface area contributed by atoms with Gasteiger partial charge in [0.2, 0.25) is 0 Å². The maximum Gasteiger partial charge on any atom is 0.341 e. The Morgan fingerprint density at radius 2 is 1.86 bits per heavy atom. The van der Waals surface area contributed by atoms with E-state index in [1.807, 2.05) is 38.1 Å². The van der Waals surface area contributed by atoms with Crippen LogP contribution in [0, 0.1) is 6.92 Å². The summed E-state index contributed by atoms with van der Waals surface area (Å²) < 4.78 is 5.12. The van der Waals surface area contributed by atoms with Crippen LogP contribution in [0.2, 0.25) is 0 Å². The molecule has 1 aliphatic rings. The van der Waals surface area contributed by atoms with Gasteiger partial charge in [-0.15, -0.1) is 0 Å². The standard InChI is InChI=1S/C21H20N2O4S/c1-3-23-20(26)18(28-21(23)22-16-8-4-14(2)5-9-16)12-15-6-10-17(11-7-15)27-13-19(24)25/h4-12H,3,13H2,1-2H3,(H,24,25)/b18-12+,22-21?. The van der Waals surface area contributed by atoms with Crippen LogP contribution in [-0.4, -0.2) is 40.2 Å². The second kappa shape index (κ2) is 8.75. The van der Waals surface area contributed by atoms with Gasteiger partial charge in [0.1, 0.15) is 5.75 Å². The molecule has 1 aliphatic heterocycles. The molecular weight excluding hydrogens is 376 g/mol. The average molecular weight is 396 g/mol. The van der Waals surface area contributed by atoms with Crippen molar-refractivity contribution >= 4 is 40.6 Å². The van der Waals surface area contributed by atoms with Gasteiger partial charge in [0.25, 0.3) is 5.91 Å². The highest BCUT2D eigenvalue weighted by Gasteiger charge is 2.32. The van der Waals surface area contributed by atoms with Crippen LogP contribution < -0.4 is 4.74 Å². The molecule has 2 aromatic carbocycles. The average Bonchev–Trinajstić information content (AvgIpc) is 2.97. The summed E-state index contributed by atoms with van der Waals surface area (Å²) in [6.45, 7) is 4.08. The Morgan fingerprint density at radius 1 is 1.18 bits per heavy atom. The highest BCUT2D eigenvalue weighted by atomic mass is 32.2. The number of carboxylic acids is 1. The summed E-state index contributed by atoms with van der Waals surface area (Å²) in [7, 11) is 0. The number of hydrogen-bond acceptors (Lipinski definition) is 5. The number of likely N-dealkylation sites (N-methyl/N-ethyl adjacent to an activating group) is 1. The van der Waals surface area contributed by atoms with Crippen LogP contribution >= 0.6 is 11.8 Å². The normalized spacial score (nSPS) is 16.8. The quantitative estimate of drug-likeness (QED) is 0.744. The fourth-order valence-corrected chi connectivity index (χ4v) is 3.62. The summed E-state index contributed by atoms with van der Waals surface area (Å²) in [4.78, 5) is 30.1. The number of nitrogens with zero attached hydrogens (tertiary/aromatic N) is 2. The fraction of sp³-hybridized carbons (Fsp3) is 0.190. The van der Waals surface area contributed by atoms with E-state index in [9.17, 15) is 9.59 Å². The van der Waals surface area contributed by atoms with E-state index in [-0.39, 0.29) is 12.5 Å². The van der Waals surface area contributed by atoms with Crippen LogP contribution in [0.15, 0.2) is 58.4 Å². The molecule has 1 heterocycles. The molecule has 3 rings (SSSR count). The maximum atomic E-state index is 12.7. The van der Waals surface area contributed by atoms with Gasteiger partial charge in [0, 0.05) is 6.54 Å². The molecule has 144 valence electrons. The number of hydrogen-bond donors (Lipinski definition) is 1. The van der Waals surface area contributed by atoms with Crippen LogP contribution in [0.1, 0.15) is 18.1 Å². The number of benzene rings is 2. The van der Waals surface area contributed by atoms with Crippen molar-refractivity contribution in [2.45, 2.75) is 13.8 Å². The molecule has 6 nitrogen and oxygen atoms in total. The molecule has 0 unspecified atom stereocenters. The third-order valence-electron chi connectivity index (χ3n) is 4.00. The summed E-state index contributed by atoms with van der Waals surface area (Å²) >= 11 is 1.34. The number of amides is 1. The van der Waals surface area contributed by atoms with Gasteiger partial charge in [-0.3, -0.25) is 9.69 Å². The van der Waals surface area contributed by atoms with Crippen LogP contribution in [0.5, 0.6) is 5.75 Å². The van der Waals surface area contributed by atoms with Crippen molar-refractivity contribution in [1.29, 1.82) is 0 Å². The molecule has 1 fully saturated rings. The molecule has 0 aliphatic carbocycles. The van der Waals surface area contributed by atoms with Crippen LogP contribution in [0.4, 0.5) is 5.69 Å². The molecular formula is C21H20N2O4S. The highest BCUT2D eigenvalue weighted by molar-refractivity contribution is 8.18. The molecule has 1 N–H and O–H groups in total. The van der Waals surface area contributed by atoms with E-state index in [2.05, 4.69) is 4.99 Å².